The van der Waals surface area contributed by atoms with E-state index in [1.165, 1.54) is 6.20 Å². The second kappa shape index (κ2) is 3.12. The van der Waals surface area contributed by atoms with Crippen molar-refractivity contribution in [2.45, 2.75) is 0 Å². The van der Waals surface area contributed by atoms with Gasteiger partial charge in [0.05, 0.1) is 0 Å². The smallest absolute Gasteiger partial charge is 0.423 e. The van der Waals surface area contributed by atoms with Gasteiger partial charge in [-0.3, -0.25) is 9.97 Å². The number of hydrogen-bond donors (Lipinski definition) is 2. The van der Waals surface area contributed by atoms with Crippen molar-refractivity contribution in [1.29, 1.82) is 0 Å². The van der Waals surface area contributed by atoms with E-state index in [1.807, 2.05) is 0 Å². The molecule has 0 atom stereocenters. The van der Waals surface area contributed by atoms with Gasteiger partial charge < -0.3 is 10.0 Å². The Kier molecular flexibility index (Phi) is 1.96. The topological polar surface area (TPSA) is 66.2 Å². The van der Waals surface area contributed by atoms with Gasteiger partial charge in [0.15, 0.2) is 0 Å². The van der Waals surface area contributed by atoms with Gasteiger partial charge in [0, 0.05) is 41.0 Å². The molecule has 0 unspecified atom stereocenters. The summed E-state index contributed by atoms with van der Waals surface area (Å²) in [6.45, 7) is 0. The highest BCUT2D eigenvalue weighted by molar-refractivity contribution is 6.61. The summed E-state index contributed by atoms with van der Waals surface area (Å²) < 4.78 is 0. The highest BCUT2D eigenvalue weighted by atomic mass is 16.4. The number of nitrogens with zero attached hydrogens (tertiary/aromatic N) is 2. The van der Waals surface area contributed by atoms with E-state index in [0.717, 1.165) is 5.39 Å². The summed E-state index contributed by atoms with van der Waals surface area (Å²) in [5.41, 5.74) is 0.380. The van der Waals surface area contributed by atoms with E-state index in [-0.39, 0.29) is 0 Å². The van der Waals surface area contributed by atoms with Gasteiger partial charge >= 0.3 is 7.12 Å². The summed E-state index contributed by atoms with van der Waals surface area (Å²) in [5, 5.41) is 19.6. The molecule has 2 aromatic rings. The summed E-state index contributed by atoms with van der Waals surface area (Å²) in [6, 6.07) is 1.77. The maximum Gasteiger partial charge on any atom is 0.490 e. The van der Waals surface area contributed by atoms with E-state index in [9.17, 15) is 0 Å². The van der Waals surface area contributed by atoms with Crippen molar-refractivity contribution >= 4 is 23.4 Å². The Hall–Kier alpha value is -1.46. The maximum atomic E-state index is 9.01. The number of fused-ring (bicyclic) bond motifs is 1. The lowest BCUT2D eigenvalue weighted by Gasteiger charge is -2.02. The van der Waals surface area contributed by atoms with Crippen molar-refractivity contribution in [2.75, 3.05) is 0 Å². The summed E-state index contributed by atoms with van der Waals surface area (Å²) in [5.74, 6) is 0. The third-order valence-corrected chi connectivity index (χ3v) is 1.87. The largest absolute Gasteiger partial charge is 0.490 e. The molecule has 0 saturated heterocycles. The first-order valence-electron chi connectivity index (χ1n) is 3.83. The van der Waals surface area contributed by atoms with Crippen molar-refractivity contribution < 1.29 is 10.0 Å². The third-order valence-electron chi connectivity index (χ3n) is 1.87. The van der Waals surface area contributed by atoms with Crippen LogP contribution in [0, 0.1) is 0 Å². The summed E-state index contributed by atoms with van der Waals surface area (Å²) in [7, 11) is -1.50. The average molecular weight is 174 g/mol. The van der Waals surface area contributed by atoms with E-state index < -0.39 is 7.12 Å². The molecular weight excluding hydrogens is 167 g/mol. The number of hydrogen-bond acceptors (Lipinski definition) is 4. The molecule has 2 N–H and O–H groups in total. The fourth-order valence-electron chi connectivity index (χ4n) is 1.23. The molecule has 0 radical (unpaired) electrons. The van der Waals surface area contributed by atoms with Crippen molar-refractivity contribution in [3.63, 3.8) is 0 Å². The molecule has 0 aliphatic carbocycles. The predicted octanol–water partition coefficient (Wildman–Crippen LogP) is -0.690. The Balaban J connectivity index is 2.76. The molecule has 0 aliphatic rings. The van der Waals surface area contributed by atoms with Gasteiger partial charge in [-0.05, 0) is 6.07 Å². The first-order chi connectivity index (χ1) is 6.29. The number of rotatable bonds is 1. The van der Waals surface area contributed by atoms with Crippen molar-refractivity contribution in [2.24, 2.45) is 0 Å². The molecule has 0 bridgehead atoms. The normalized spacial score (nSPS) is 10.3. The van der Waals surface area contributed by atoms with Crippen LogP contribution in [0.1, 0.15) is 0 Å². The molecule has 2 aromatic heterocycles. The van der Waals surface area contributed by atoms with Crippen molar-refractivity contribution in [3.8, 4) is 0 Å². The van der Waals surface area contributed by atoms with E-state index in [2.05, 4.69) is 9.97 Å². The minimum Gasteiger partial charge on any atom is -0.423 e. The molecule has 4 nitrogen and oxygen atoms in total. The van der Waals surface area contributed by atoms with E-state index in [1.54, 1.807) is 24.7 Å². The SMILES string of the molecule is OB(O)c1cncc2ccncc12. The van der Waals surface area contributed by atoms with Crippen LogP contribution >= 0.6 is 0 Å². The van der Waals surface area contributed by atoms with E-state index in [4.69, 9.17) is 10.0 Å². The first kappa shape index (κ1) is 8.16. The minimum absolute atomic E-state index is 0.380. The fraction of sp³-hybridized carbons (Fsp3) is 0. The van der Waals surface area contributed by atoms with Crippen LogP contribution < -0.4 is 5.46 Å². The highest BCUT2D eigenvalue weighted by Crippen LogP contribution is 2.07. The van der Waals surface area contributed by atoms with Crippen molar-refractivity contribution in [3.05, 3.63) is 30.9 Å². The lowest BCUT2D eigenvalue weighted by Crippen LogP contribution is -2.30. The van der Waals surface area contributed by atoms with Crippen LogP contribution in [0.3, 0.4) is 0 Å². The van der Waals surface area contributed by atoms with Gasteiger partial charge in [-0.15, -0.1) is 0 Å². The molecule has 0 spiro atoms. The Morgan fingerprint density at radius 3 is 2.69 bits per heavy atom. The fourth-order valence-corrected chi connectivity index (χ4v) is 1.23. The van der Waals surface area contributed by atoms with Crippen LogP contribution in [0.5, 0.6) is 0 Å². The first-order valence-corrected chi connectivity index (χ1v) is 3.83. The van der Waals surface area contributed by atoms with Gasteiger partial charge in [0.1, 0.15) is 0 Å². The van der Waals surface area contributed by atoms with Gasteiger partial charge in [-0.1, -0.05) is 0 Å². The van der Waals surface area contributed by atoms with Gasteiger partial charge in [-0.25, -0.2) is 0 Å². The minimum atomic E-state index is -1.50. The monoisotopic (exact) mass is 174 g/mol. The standard InChI is InChI=1S/C8H7BN2O2/c12-9(13)8-5-11-3-6-1-2-10-4-7(6)8/h1-5,12-13H. The molecule has 5 heteroatoms. The molecule has 64 valence electrons. The maximum absolute atomic E-state index is 9.01. The highest BCUT2D eigenvalue weighted by Gasteiger charge is 2.14. The van der Waals surface area contributed by atoms with Gasteiger partial charge in [-0.2, -0.15) is 0 Å². The lowest BCUT2D eigenvalue weighted by atomic mass is 9.79. The lowest BCUT2D eigenvalue weighted by molar-refractivity contribution is 0.426. The molecule has 0 amide bonds. The van der Waals surface area contributed by atoms with Crippen LogP contribution in [0.25, 0.3) is 10.8 Å². The molecule has 0 aromatic carbocycles. The molecule has 2 heterocycles. The summed E-state index contributed by atoms with van der Waals surface area (Å²) >= 11 is 0. The quantitative estimate of drug-likeness (QED) is 0.561. The van der Waals surface area contributed by atoms with Gasteiger partial charge in [0.2, 0.25) is 0 Å². The van der Waals surface area contributed by atoms with Crippen molar-refractivity contribution in [1.82, 2.24) is 9.97 Å². The summed E-state index contributed by atoms with van der Waals surface area (Å²) in [4.78, 5) is 7.79. The Morgan fingerprint density at radius 1 is 1.08 bits per heavy atom. The molecule has 0 fully saturated rings. The van der Waals surface area contributed by atoms with E-state index >= 15 is 0 Å². The Labute approximate surface area is 75.0 Å². The second-order valence-electron chi connectivity index (χ2n) is 2.70. The van der Waals surface area contributed by atoms with Crippen LogP contribution in [0.2, 0.25) is 0 Å². The zero-order valence-electron chi connectivity index (χ0n) is 6.75. The molecule has 13 heavy (non-hydrogen) atoms. The Morgan fingerprint density at radius 2 is 1.92 bits per heavy atom. The second-order valence-corrected chi connectivity index (χ2v) is 2.70. The molecular formula is C8H7BN2O2. The molecule has 0 saturated carbocycles. The van der Waals surface area contributed by atoms with Crippen LogP contribution in [-0.2, 0) is 0 Å². The summed E-state index contributed by atoms with van der Waals surface area (Å²) in [6.07, 6.45) is 6.31. The number of pyridine rings is 2. The van der Waals surface area contributed by atoms with E-state index in [0.29, 0.717) is 10.8 Å². The predicted molar refractivity (Wildman–Crippen MR) is 49.4 cm³/mol. The van der Waals surface area contributed by atoms with Crippen LogP contribution in [-0.4, -0.2) is 27.1 Å². The Bertz CT molecular complexity index is 428. The van der Waals surface area contributed by atoms with Crippen LogP contribution in [0.4, 0.5) is 0 Å². The van der Waals surface area contributed by atoms with Gasteiger partial charge in [0.25, 0.3) is 0 Å². The molecule has 2 rings (SSSR count). The van der Waals surface area contributed by atoms with Crippen LogP contribution in [0.15, 0.2) is 30.9 Å². The zero-order valence-corrected chi connectivity index (χ0v) is 6.75. The average Bonchev–Trinajstić information content (AvgIpc) is 2.17. The number of aromatic nitrogens is 2. The zero-order chi connectivity index (χ0) is 9.26. The third kappa shape index (κ3) is 1.39. The molecule has 0 aliphatic heterocycles.